The maximum absolute atomic E-state index is 13.4. The van der Waals surface area contributed by atoms with Crippen molar-refractivity contribution in [2.24, 2.45) is 0 Å². The Morgan fingerprint density at radius 3 is 2.74 bits per heavy atom. The van der Waals surface area contributed by atoms with Gasteiger partial charge in [-0.1, -0.05) is 0 Å². The second-order valence-corrected chi connectivity index (χ2v) is 4.64. The van der Waals surface area contributed by atoms with Gasteiger partial charge in [0, 0.05) is 32.6 Å². The van der Waals surface area contributed by atoms with Crippen molar-refractivity contribution < 1.29 is 23.4 Å². The van der Waals surface area contributed by atoms with Crippen molar-refractivity contribution >= 4 is 5.91 Å². The SMILES string of the molecule is O=C(NCC1(O)CCOCC1)c1cc(F)ccc1F. The van der Waals surface area contributed by atoms with Gasteiger partial charge in [0.1, 0.15) is 11.6 Å². The minimum atomic E-state index is -1.04. The normalized spacial score (nSPS) is 18.1. The molecule has 0 spiro atoms. The summed E-state index contributed by atoms with van der Waals surface area (Å²) in [6.07, 6.45) is 0.803. The number of amides is 1. The Balaban J connectivity index is 1.99. The van der Waals surface area contributed by atoms with E-state index in [1.54, 1.807) is 0 Å². The number of rotatable bonds is 3. The zero-order chi connectivity index (χ0) is 13.9. The summed E-state index contributed by atoms with van der Waals surface area (Å²) in [7, 11) is 0. The van der Waals surface area contributed by atoms with Gasteiger partial charge in [0.05, 0.1) is 11.2 Å². The number of nitrogens with one attached hydrogen (secondary N) is 1. The third kappa shape index (κ3) is 3.48. The zero-order valence-corrected chi connectivity index (χ0v) is 10.3. The molecule has 1 aliphatic rings. The molecule has 0 saturated carbocycles. The summed E-state index contributed by atoms with van der Waals surface area (Å²) in [6.45, 7) is 0.826. The smallest absolute Gasteiger partial charge is 0.254 e. The van der Waals surface area contributed by atoms with Gasteiger partial charge in [-0.15, -0.1) is 0 Å². The first-order chi connectivity index (χ1) is 9.00. The molecule has 1 aromatic carbocycles. The summed E-state index contributed by atoms with van der Waals surface area (Å²) in [5, 5.41) is 12.6. The summed E-state index contributed by atoms with van der Waals surface area (Å²) >= 11 is 0. The van der Waals surface area contributed by atoms with Gasteiger partial charge in [0.2, 0.25) is 0 Å². The van der Waals surface area contributed by atoms with Crippen molar-refractivity contribution in [2.45, 2.75) is 18.4 Å². The number of benzene rings is 1. The second kappa shape index (κ2) is 5.63. The lowest BCUT2D eigenvalue weighted by molar-refractivity contribution is -0.0605. The third-order valence-corrected chi connectivity index (χ3v) is 3.17. The van der Waals surface area contributed by atoms with Gasteiger partial charge in [-0.25, -0.2) is 8.78 Å². The predicted octanol–water partition coefficient (Wildman–Crippen LogP) is 1.24. The number of aliphatic hydroxyl groups is 1. The van der Waals surface area contributed by atoms with E-state index in [1.165, 1.54) is 0 Å². The van der Waals surface area contributed by atoms with Crippen molar-refractivity contribution in [3.8, 4) is 0 Å². The summed E-state index contributed by atoms with van der Waals surface area (Å²) in [6, 6.07) is 2.67. The van der Waals surface area contributed by atoms with Crippen LogP contribution in [0.3, 0.4) is 0 Å². The molecule has 2 rings (SSSR count). The second-order valence-electron chi connectivity index (χ2n) is 4.64. The monoisotopic (exact) mass is 271 g/mol. The Morgan fingerprint density at radius 2 is 2.05 bits per heavy atom. The fourth-order valence-corrected chi connectivity index (χ4v) is 1.94. The van der Waals surface area contributed by atoms with E-state index in [9.17, 15) is 18.7 Å². The molecule has 1 heterocycles. The van der Waals surface area contributed by atoms with E-state index < -0.39 is 23.1 Å². The molecule has 1 saturated heterocycles. The molecule has 0 atom stereocenters. The summed E-state index contributed by atoms with van der Waals surface area (Å²) in [4.78, 5) is 11.7. The first kappa shape index (κ1) is 13.9. The van der Waals surface area contributed by atoms with E-state index in [1.807, 2.05) is 0 Å². The Bertz CT molecular complexity index is 473. The lowest BCUT2D eigenvalue weighted by Gasteiger charge is -2.32. The van der Waals surface area contributed by atoms with Crippen LogP contribution in [0.1, 0.15) is 23.2 Å². The van der Waals surface area contributed by atoms with Crippen molar-refractivity contribution in [3.05, 3.63) is 35.4 Å². The van der Waals surface area contributed by atoms with Gasteiger partial charge in [-0.05, 0) is 18.2 Å². The number of hydrogen-bond acceptors (Lipinski definition) is 3. The van der Waals surface area contributed by atoms with E-state index >= 15 is 0 Å². The fraction of sp³-hybridized carbons (Fsp3) is 0.462. The van der Waals surface area contributed by atoms with E-state index in [0.717, 1.165) is 18.2 Å². The molecule has 0 radical (unpaired) electrons. The van der Waals surface area contributed by atoms with Crippen molar-refractivity contribution in [1.29, 1.82) is 0 Å². The molecule has 104 valence electrons. The van der Waals surface area contributed by atoms with Gasteiger partial charge in [-0.3, -0.25) is 4.79 Å². The zero-order valence-electron chi connectivity index (χ0n) is 10.3. The summed E-state index contributed by atoms with van der Waals surface area (Å²) in [5.41, 5.74) is -1.41. The van der Waals surface area contributed by atoms with Gasteiger partial charge in [0.15, 0.2) is 0 Å². The van der Waals surface area contributed by atoms with Crippen LogP contribution in [0.25, 0.3) is 0 Å². The van der Waals surface area contributed by atoms with E-state index in [0.29, 0.717) is 26.1 Å². The maximum Gasteiger partial charge on any atom is 0.254 e. The van der Waals surface area contributed by atoms with Crippen LogP contribution in [0.15, 0.2) is 18.2 Å². The molecule has 19 heavy (non-hydrogen) atoms. The minimum Gasteiger partial charge on any atom is -0.388 e. The molecule has 1 aromatic rings. The third-order valence-electron chi connectivity index (χ3n) is 3.17. The van der Waals surface area contributed by atoms with Crippen LogP contribution in [-0.2, 0) is 4.74 Å². The Hall–Kier alpha value is -1.53. The van der Waals surface area contributed by atoms with Crippen LogP contribution in [0.4, 0.5) is 8.78 Å². The molecule has 0 unspecified atom stereocenters. The number of ether oxygens (including phenoxy) is 1. The average molecular weight is 271 g/mol. The molecular formula is C13H15F2NO3. The Kier molecular flexibility index (Phi) is 4.11. The highest BCUT2D eigenvalue weighted by atomic mass is 19.1. The standard InChI is InChI=1S/C13H15F2NO3/c14-9-1-2-11(15)10(7-9)12(17)16-8-13(18)3-5-19-6-4-13/h1-2,7,18H,3-6,8H2,(H,16,17). The van der Waals surface area contributed by atoms with Crippen LogP contribution in [0.5, 0.6) is 0 Å². The van der Waals surface area contributed by atoms with Gasteiger partial charge in [0.25, 0.3) is 5.91 Å². The number of hydrogen-bond donors (Lipinski definition) is 2. The predicted molar refractivity (Wildman–Crippen MR) is 63.7 cm³/mol. The minimum absolute atomic E-state index is 0.00878. The molecule has 0 aromatic heterocycles. The number of halogens is 2. The first-order valence-corrected chi connectivity index (χ1v) is 6.04. The quantitative estimate of drug-likeness (QED) is 0.869. The van der Waals surface area contributed by atoms with E-state index in [4.69, 9.17) is 4.74 Å². The largest absolute Gasteiger partial charge is 0.388 e. The number of carbonyl (C=O) groups is 1. The molecule has 2 N–H and O–H groups in total. The lowest BCUT2D eigenvalue weighted by atomic mass is 9.94. The maximum atomic E-state index is 13.4. The molecule has 1 amide bonds. The highest BCUT2D eigenvalue weighted by Crippen LogP contribution is 2.19. The lowest BCUT2D eigenvalue weighted by Crippen LogP contribution is -2.46. The molecule has 1 aliphatic heterocycles. The molecule has 0 aliphatic carbocycles. The highest BCUT2D eigenvalue weighted by Gasteiger charge is 2.30. The summed E-state index contributed by atoms with van der Waals surface area (Å²) < 4.78 is 31.4. The van der Waals surface area contributed by atoms with Crippen LogP contribution in [-0.4, -0.2) is 36.4 Å². The average Bonchev–Trinajstić information content (AvgIpc) is 2.40. The van der Waals surface area contributed by atoms with Crippen molar-refractivity contribution in [2.75, 3.05) is 19.8 Å². The molecule has 4 nitrogen and oxygen atoms in total. The Labute approximate surface area is 109 Å². The molecule has 0 bridgehead atoms. The van der Waals surface area contributed by atoms with E-state index in [2.05, 4.69) is 5.32 Å². The molecule has 1 fully saturated rings. The van der Waals surface area contributed by atoms with Crippen molar-refractivity contribution in [1.82, 2.24) is 5.32 Å². The van der Waals surface area contributed by atoms with Gasteiger partial charge in [-0.2, -0.15) is 0 Å². The Morgan fingerprint density at radius 1 is 1.37 bits per heavy atom. The van der Waals surface area contributed by atoms with Crippen LogP contribution >= 0.6 is 0 Å². The van der Waals surface area contributed by atoms with Gasteiger partial charge >= 0.3 is 0 Å². The van der Waals surface area contributed by atoms with E-state index in [-0.39, 0.29) is 12.1 Å². The highest BCUT2D eigenvalue weighted by molar-refractivity contribution is 5.94. The molecule has 6 heteroatoms. The van der Waals surface area contributed by atoms with Gasteiger partial charge < -0.3 is 15.2 Å². The summed E-state index contributed by atoms with van der Waals surface area (Å²) in [5.74, 6) is -2.22. The fourth-order valence-electron chi connectivity index (χ4n) is 1.94. The first-order valence-electron chi connectivity index (χ1n) is 6.04. The van der Waals surface area contributed by atoms with Crippen LogP contribution in [0, 0.1) is 11.6 Å². The topological polar surface area (TPSA) is 58.6 Å². The van der Waals surface area contributed by atoms with Crippen LogP contribution in [0.2, 0.25) is 0 Å². The van der Waals surface area contributed by atoms with Crippen LogP contribution < -0.4 is 5.32 Å². The van der Waals surface area contributed by atoms with Crippen molar-refractivity contribution in [3.63, 3.8) is 0 Å². The molecular weight excluding hydrogens is 256 g/mol. The number of carbonyl (C=O) groups excluding carboxylic acids is 1.